The van der Waals surface area contributed by atoms with Gasteiger partial charge in [0.1, 0.15) is 6.54 Å². The van der Waals surface area contributed by atoms with E-state index in [1.54, 1.807) is 30.4 Å². The predicted octanol–water partition coefficient (Wildman–Crippen LogP) is 5.75. The third-order valence-electron chi connectivity index (χ3n) is 10.7. The average Bonchev–Trinajstić information content (AvgIpc) is 3.46. The highest BCUT2D eigenvalue weighted by molar-refractivity contribution is 7.86. The maximum absolute atomic E-state index is 12.3. The van der Waals surface area contributed by atoms with E-state index in [9.17, 15) is 56.7 Å². The van der Waals surface area contributed by atoms with Crippen molar-refractivity contribution in [3.63, 3.8) is 0 Å². The molecule has 2 aliphatic rings. The zero-order valence-corrected chi connectivity index (χ0v) is 37.7. The monoisotopic (exact) mass is 914 g/mol. The number of carbonyl (C=O) groups is 1. The van der Waals surface area contributed by atoms with Crippen LogP contribution >= 0.6 is 0 Å². The Bertz CT molecular complexity index is 2530. The van der Waals surface area contributed by atoms with E-state index in [1.165, 1.54) is 30.3 Å². The normalized spacial score (nSPS) is 19.0. The molecule has 2 heterocycles. The predicted molar refractivity (Wildman–Crippen MR) is 229 cm³/mol. The van der Waals surface area contributed by atoms with Crippen molar-refractivity contribution in [1.82, 2.24) is 5.32 Å². The fourth-order valence-electron chi connectivity index (χ4n) is 7.90. The van der Waals surface area contributed by atoms with Gasteiger partial charge in [-0.3, -0.25) is 23.0 Å². The Balaban J connectivity index is 1.74. The maximum atomic E-state index is 12.3. The number of hydrogen-bond acceptors (Lipinski definition) is 10. The lowest BCUT2D eigenvalue weighted by molar-refractivity contribution is -0.437. The molecule has 0 aliphatic carbocycles. The molecule has 4 rings (SSSR count). The molecule has 0 aromatic heterocycles. The average molecular weight is 915 g/mol. The quantitative estimate of drug-likeness (QED) is 0.0433. The van der Waals surface area contributed by atoms with E-state index < -0.39 is 62.8 Å². The molecule has 0 radical (unpaired) electrons. The van der Waals surface area contributed by atoms with Crippen LogP contribution in [-0.4, -0.2) is 98.7 Å². The second-order valence-corrected chi connectivity index (χ2v) is 22.2. The van der Waals surface area contributed by atoms with Gasteiger partial charge in [-0.2, -0.15) is 38.2 Å². The number of nitrogens with one attached hydrogen (secondary N) is 1. The van der Waals surface area contributed by atoms with Gasteiger partial charge in [-0.15, -0.1) is 0 Å². The van der Waals surface area contributed by atoms with Gasteiger partial charge >= 0.3 is 0 Å². The summed E-state index contributed by atoms with van der Waals surface area (Å²) in [6, 6.07) is 8.54. The highest BCUT2D eigenvalue weighted by atomic mass is 32.2. The Kier molecular flexibility index (Phi) is 15.6. The van der Waals surface area contributed by atoms with Crippen LogP contribution in [-0.2, 0) is 56.1 Å². The molecule has 2 aromatic rings. The minimum Gasteiger partial charge on any atom is -0.354 e. The Labute approximate surface area is 354 Å². The van der Waals surface area contributed by atoms with Gasteiger partial charge < -0.3 is 10.2 Å². The summed E-state index contributed by atoms with van der Waals surface area (Å²) < 4.78 is 135. The number of anilines is 1. The second-order valence-electron chi connectivity index (χ2n) is 16.2. The Morgan fingerprint density at radius 2 is 1.35 bits per heavy atom. The molecule has 2 aliphatic heterocycles. The number of rotatable bonds is 21. The molecule has 60 heavy (non-hydrogen) atoms. The summed E-state index contributed by atoms with van der Waals surface area (Å²) >= 11 is 0. The zero-order chi connectivity index (χ0) is 44.9. The fourth-order valence-corrected chi connectivity index (χ4v) is 9.98. The number of nitrogens with zero attached hydrogens (tertiary/aromatic N) is 2. The van der Waals surface area contributed by atoms with Crippen LogP contribution in [0.5, 0.6) is 0 Å². The van der Waals surface area contributed by atoms with Crippen molar-refractivity contribution in [1.29, 1.82) is 0 Å². The smallest absolute Gasteiger partial charge is 0.294 e. The number of unbranched alkanes of at least 4 members (excludes halogenated alkanes) is 3. The van der Waals surface area contributed by atoms with E-state index in [-0.39, 0.29) is 41.1 Å². The Hall–Kier alpha value is -3.76. The van der Waals surface area contributed by atoms with E-state index in [1.807, 2.05) is 50.2 Å². The van der Waals surface area contributed by atoms with E-state index in [2.05, 4.69) is 5.32 Å². The molecule has 0 saturated heterocycles. The molecule has 16 nitrogen and oxygen atoms in total. The first-order valence-corrected chi connectivity index (χ1v) is 25.7. The van der Waals surface area contributed by atoms with Gasteiger partial charge in [0, 0.05) is 59.9 Å². The van der Waals surface area contributed by atoms with E-state index in [4.69, 9.17) is 0 Å². The van der Waals surface area contributed by atoms with Crippen LogP contribution in [0.2, 0.25) is 0 Å². The highest BCUT2D eigenvalue weighted by Gasteiger charge is 2.45. The van der Waals surface area contributed by atoms with E-state index in [0.717, 1.165) is 5.70 Å². The molecule has 1 unspecified atom stereocenters. The van der Waals surface area contributed by atoms with Crippen molar-refractivity contribution in [2.45, 2.75) is 113 Å². The van der Waals surface area contributed by atoms with Crippen LogP contribution in [0.3, 0.4) is 0 Å². The maximum Gasteiger partial charge on any atom is 0.294 e. The van der Waals surface area contributed by atoms with Crippen molar-refractivity contribution in [2.75, 3.05) is 29.5 Å². The first-order chi connectivity index (χ1) is 27.6. The number of allylic oxidation sites excluding steroid dienone is 6. The summed E-state index contributed by atoms with van der Waals surface area (Å²) in [7, 11) is -17.6. The Morgan fingerprint density at radius 3 is 1.95 bits per heavy atom. The van der Waals surface area contributed by atoms with Gasteiger partial charge in [-0.05, 0) is 102 Å². The first-order valence-electron chi connectivity index (χ1n) is 19.6. The van der Waals surface area contributed by atoms with Crippen molar-refractivity contribution >= 4 is 63.5 Å². The standard InChI is InChI=1S/C40H55N3O13S4/c1-29(2)41-38(44)17-10-7-12-23-43-35-21-19-31(60(54,55)56)28-33(35)40(5,22-11-13-25-57(45,46)47)37(43)16-9-6-8-15-36-39(3,4)32-27-30(59(51,52)53)18-20-34(32)42(36)24-14-26-58(48,49)50/h6,8-9,15-16,18-21,27-29H,7,10-14,17,22-26H2,1-5H3,(H4-,41,44,45,46,47,48,49,50,51,52,53,54,55,56)/p+1. The Morgan fingerprint density at radius 1 is 0.750 bits per heavy atom. The summed E-state index contributed by atoms with van der Waals surface area (Å²) in [6.07, 6.45) is 12.2. The number of hydrogen-bond donors (Lipinski definition) is 5. The number of fused-ring (bicyclic) bond motifs is 2. The zero-order valence-electron chi connectivity index (χ0n) is 34.4. The lowest BCUT2D eigenvalue weighted by Gasteiger charge is -2.30. The van der Waals surface area contributed by atoms with Crippen LogP contribution in [0.15, 0.2) is 82.3 Å². The first kappa shape index (κ1) is 48.9. The third kappa shape index (κ3) is 12.7. The summed E-state index contributed by atoms with van der Waals surface area (Å²) in [5.74, 6) is -1.00. The lowest BCUT2D eigenvalue weighted by atomic mass is 9.77. The van der Waals surface area contributed by atoms with Crippen LogP contribution in [0.4, 0.5) is 11.4 Å². The van der Waals surface area contributed by atoms with Crippen LogP contribution in [0.25, 0.3) is 0 Å². The molecule has 2 aromatic carbocycles. The molecule has 1 atom stereocenters. The summed E-state index contributed by atoms with van der Waals surface area (Å²) in [6.45, 7) is 10.0. The van der Waals surface area contributed by atoms with Crippen molar-refractivity contribution < 1.29 is 61.3 Å². The highest BCUT2D eigenvalue weighted by Crippen LogP contribution is 2.51. The number of benzene rings is 2. The topological polar surface area (TPSA) is 253 Å². The van der Waals surface area contributed by atoms with Crippen molar-refractivity contribution in [3.8, 4) is 0 Å². The molecular weight excluding hydrogens is 859 g/mol. The fraction of sp³-hybridized carbons (Fsp3) is 0.500. The van der Waals surface area contributed by atoms with Gasteiger partial charge in [-0.1, -0.05) is 31.1 Å². The minimum absolute atomic E-state index is 0.0229. The van der Waals surface area contributed by atoms with Crippen molar-refractivity contribution in [3.05, 3.63) is 83.6 Å². The summed E-state index contributed by atoms with van der Waals surface area (Å²) in [5.41, 5.74) is 2.19. The van der Waals surface area contributed by atoms with Crippen molar-refractivity contribution in [2.24, 2.45) is 0 Å². The largest absolute Gasteiger partial charge is 0.354 e. The summed E-state index contributed by atoms with van der Waals surface area (Å²) in [5, 5.41) is 2.88. The summed E-state index contributed by atoms with van der Waals surface area (Å²) in [4.78, 5) is 13.7. The molecular formula is C40H56N3O13S4+. The van der Waals surface area contributed by atoms with Gasteiger partial charge in [0.2, 0.25) is 11.6 Å². The van der Waals surface area contributed by atoms with E-state index >= 15 is 0 Å². The minimum atomic E-state index is -4.59. The molecule has 0 bridgehead atoms. The molecule has 332 valence electrons. The molecule has 0 fully saturated rings. The van der Waals surface area contributed by atoms with Crippen LogP contribution in [0.1, 0.15) is 97.1 Å². The van der Waals surface area contributed by atoms with Gasteiger partial charge in [0.05, 0.1) is 26.7 Å². The third-order valence-corrected chi connectivity index (χ3v) is 14.1. The van der Waals surface area contributed by atoms with Crippen LogP contribution in [0, 0.1) is 0 Å². The van der Waals surface area contributed by atoms with Crippen LogP contribution < -0.4 is 10.2 Å². The van der Waals surface area contributed by atoms with Gasteiger partial charge in [-0.25, -0.2) is 0 Å². The molecule has 0 spiro atoms. The molecule has 20 heteroatoms. The lowest BCUT2D eigenvalue weighted by Crippen LogP contribution is -2.30. The second kappa shape index (κ2) is 19.1. The number of amides is 1. The van der Waals surface area contributed by atoms with E-state index in [0.29, 0.717) is 73.3 Å². The van der Waals surface area contributed by atoms with Gasteiger partial charge in [0.15, 0.2) is 5.71 Å². The molecule has 0 saturated carbocycles. The molecule has 5 N–H and O–H groups in total. The van der Waals surface area contributed by atoms with Gasteiger partial charge in [0.25, 0.3) is 40.5 Å². The number of carbonyl (C=O) groups excluding carboxylic acids is 1. The SMILES string of the molecule is CC(C)NC(=O)CCCCCN1\C(=C/C=C/C=C/C2=[N+](CCCS(=O)(=O)O)c3ccc(S(=O)(=O)O)cc3C2(C)C)C(C)(CCCCS(=O)(=O)O)c2cc(S(=O)(=O)O)ccc21. The molecule has 1 amide bonds.